The van der Waals surface area contributed by atoms with Gasteiger partial charge in [0.1, 0.15) is 0 Å². The van der Waals surface area contributed by atoms with Crippen LogP contribution in [0.2, 0.25) is 0 Å². The Bertz CT molecular complexity index is 3770. The van der Waals surface area contributed by atoms with Gasteiger partial charge in [-0.15, -0.1) is 0 Å². The predicted octanol–water partition coefficient (Wildman–Crippen LogP) is 18.9. The van der Waals surface area contributed by atoms with Gasteiger partial charge in [0.05, 0.1) is 5.69 Å². The highest BCUT2D eigenvalue weighted by Gasteiger charge is 2.37. The first-order valence-corrected chi connectivity index (χ1v) is 24.6. The Labute approximate surface area is 411 Å². The molecular formula is C68H52N2. The fraction of sp³-hybridized carbons (Fsp3) is 0.0882. The molecule has 0 unspecified atom stereocenters. The van der Waals surface area contributed by atoms with Gasteiger partial charge >= 0.3 is 0 Å². The number of nitrogens with zero attached hydrogens (tertiary/aromatic N) is 2. The van der Waals surface area contributed by atoms with Gasteiger partial charge in [-0.05, 0) is 162 Å². The summed E-state index contributed by atoms with van der Waals surface area (Å²) in [6, 6.07) is 89.8. The number of benzene rings is 11. The lowest BCUT2D eigenvalue weighted by molar-refractivity contribution is 0.660. The van der Waals surface area contributed by atoms with E-state index >= 15 is 0 Å². The highest BCUT2D eigenvalue weighted by molar-refractivity contribution is 6.25. The van der Waals surface area contributed by atoms with E-state index in [0.717, 1.165) is 34.1 Å². The monoisotopic (exact) mass is 896 g/mol. The molecule has 0 fully saturated rings. The molecule has 0 saturated heterocycles. The lowest BCUT2D eigenvalue weighted by Gasteiger charge is -2.30. The molecule has 0 amide bonds. The Kier molecular flexibility index (Phi) is 9.58. The second-order valence-electron chi connectivity index (χ2n) is 20.1. The van der Waals surface area contributed by atoms with Gasteiger partial charge in [-0.1, -0.05) is 191 Å². The molecular weight excluding hydrogens is 845 g/mol. The van der Waals surface area contributed by atoms with Gasteiger partial charge in [0.25, 0.3) is 0 Å². The second kappa shape index (κ2) is 16.1. The van der Waals surface area contributed by atoms with E-state index in [4.69, 9.17) is 0 Å². The van der Waals surface area contributed by atoms with Gasteiger partial charge in [0.15, 0.2) is 0 Å². The van der Waals surface area contributed by atoms with E-state index in [1.54, 1.807) is 0 Å². The van der Waals surface area contributed by atoms with Crippen LogP contribution in [0.5, 0.6) is 0 Å². The van der Waals surface area contributed by atoms with Crippen LogP contribution in [-0.4, -0.2) is 0 Å². The summed E-state index contributed by atoms with van der Waals surface area (Å²) in [6.45, 7) is 9.54. The number of para-hydroxylation sites is 3. The summed E-state index contributed by atoms with van der Waals surface area (Å²) in [6.07, 6.45) is 0. The first-order chi connectivity index (χ1) is 34.3. The summed E-state index contributed by atoms with van der Waals surface area (Å²) in [5.74, 6) is 0. The minimum Gasteiger partial charge on any atom is -0.311 e. The van der Waals surface area contributed by atoms with E-state index in [1.165, 1.54) is 88.3 Å². The maximum atomic E-state index is 2.51. The molecule has 0 N–H and O–H groups in total. The standard InChI is InChI=1S/C68H52N2/c1-67(2)59-32-18-16-27-52(59)54-41-35-45(43-61(54)67)64-56-29-14-15-30-57(56)65(46-36-42-55-53-28-17-19-33-60(53)68(3,4)62(55)44-46)66-58(64)31-20-34-63(66)70(49-25-12-7-13-26-49)51-39-37-50(38-40-51)69(47-21-8-5-9-22-47)48-23-10-6-11-24-48/h5-44H,1-4H3. The molecule has 0 aromatic heterocycles. The first kappa shape index (κ1) is 41.7. The molecule has 0 heterocycles. The van der Waals surface area contributed by atoms with E-state index in [2.05, 4.69) is 280 Å². The van der Waals surface area contributed by atoms with Crippen molar-refractivity contribution < 1.29 is 0 Å². The topological polar surface area (TPSA) is 6.48 Å². The third-order valence-corrected chi connectivity index (χ3v) is 15.4. The van der Waals surface area contributed by atoms with Crippen LogP contribution in [0.25, 0.3) is 66.1 Å². The minimum absolute atomic E-state index is 0.139. The molecule has 0 radical (unpaired) electrons. The maximum Gasteiger partial charge on any atom is 0.0546 e. The van der Waals surface area contributed by atoms with Crippen LogP contribution in [-0.2, 0) is 10.8 Å². The van der Waals surface area contributed by atoms with Crippen molar-refractivity contribution >= 4 is 55.7 Å². The molecule has 334 valence electrons. The van der Waals surface area contributed by atoms with Crippen LogP contribution in [0, 0.1) is 0 Å². The fourth-order valence-corrected chi connectivity index (χ4v) is 12.1. The van der Waals surface area contributed by atoms with Gasteiger partial charge in [0, 0.05) is 44.7 Å². The smallest absolute Gasteiger partial charge is 0.0546 e. The van der Waals surface area contributed by atoms with Crippen molar-refractivity contribution in [2.24, 2.45) is 0 Å². The predicted molar refractivity (Wildman–Crippen MR) is 297 cm³/mol. The maximum absolute atomic E-state index is 2.51. The third-order valence-electron chi connectivity index (χ3n) is 15.4. The Hall–Kier alpha value is -8.46. The third kappa shape index (κ3) is 6.40. The molecule has 2 heteroatoms. The van der Waals surface area contributed by atoms with Crippen LogP contribution < -0.4 is 9.80 Å². The van der Waals surface area contributed by atoms with Gasteiger partial charge in [0.2, 0.25) is 0 Å². The Balaban J connectivity index is 1.09. The lowest BCUT2D eigenvalue weighted by Crippen LogP contribution is -2.15. The van der Waals surface area contributed by atoms with Gasteiger partial charge in [-0.25, -0.2) is 0 Å². The zero-order valence-corrected chi connectivity index (χ0v) is 40.0. The molecule has 70 heavy (non-hydrogen) atoms. The largest absolute Gasteiger partial charge is 0.311 e. The van der Waals surface area contributed by atoms with E-state index in [1.807, 2.05) is 0 Å². The van der Waals surface area contributed by atoms with E-state index < -0.39 is 0 Å². The quantitative estimate of drug-likeness (QED) is 0.140. The van der Waals surface area contributed by atoms with Crippen LogP contribution in [0.1, 0.15) is 49.9 Å². The Morgan fingerprint density at radius 2 is 0.643 bits per heavy atom. The van der Waals surface area contributed by atoms with Crippen LogP contribution >= 0.6 is 0 Å². The van der Waals surface area contributed by atoms with Crippen molar-refractivity contribution in [2.75, 3.05) is 9.80 Å². The van der Waals surface area contributed by atoms with Crippen molar-refractivity contribution in [3.63, 3.8) is 0 Å². The summed E-state index contributed by atoms with van der Waals surface area (Å²) < 4.78 is 0. The summed E-state index contributed by atoms with van der Waals surface area (Å²) in [7, 11) is 0. The van der Waals surface area contributed by atoms with Crippen molar-refractivity contribution in [2.45, 2.75) is 38.5 Å². The molecule has 0 spiro atoms. The lowest BCUT2D eigenvalue weighted by atomic mass is 9.79. The molecule has 2 aliphatic carbocycles. The fourth-order valence-electron chi connectivity index (χ4n) is 12.1. The molecule has 13 rings (SSSR count). The molecule has 0 aliphatic heterocycles. The van der Waals surface area contributed by atoms with Gasteiger partial charge < -0.3 is 9.80 Å². The van der Waals surface area contributed by atoms with Crippen LogP contribution in [0.4, 0.5) is 34.1 Å². The summed E-state index contributed by atoms with van der Waals surface area (Å²) >= 11 is 0. The average Bonchev–Trinajstić information content (AvgIpc) is 3.78. The SMILES string of the molecule is CC1(C)c2ccccc2-c2ccc(-c3c4ccccc4c(-c4ccc5c(c4)C(C)(C)c4ccccc4-5)c4c(N(c5ccccc5)c5ccc(N(c6ccccc6)c6ccccc6)cc5)cccc34)cc21. The number of hydrogen-bond donors (Lipinski definition) is 0. The highest BCUT2D eigenvalue weighted by Crippen LogP contribution is 2.55. The number of rotatable bonds is 8. The first-order valence-electron chi connectivity index (χ1n) is 24.6. The van der Waals surface area contributed by atoms with Crippen LogP contribution in [0.3, 0.4) is 0 Å². The zero-order chi connectivity index (χ0) is 47.1. The molecule has 0 atom stereocenters. The Morgan fingerprint density at radius 1 is 0.271 bits per heavy atom. The van der Waals surface area contributed by atoms with Gasteiger partial charge in [-0.3, -0.25) is 0 Å². The highest BCUT2D eigenvalue weighted by atomic mass is 15.2. The summed E-state index contributed by atoms with van der Waals surface area (Å²) in [5, 5.41) is 4.92. The zero-order valence-electron chi connectivity index (χ0n) is 40.0. The normalized spacial score (nSPS) is 13.7. The molecule has 11 aromatic carbocycles. The summed E-state index contributed by atoms with van der Waals surface area (Å²) in [4.78, 5) is 4.80. The molecule has 2 nitrogen and oxygen atoms in total. The molecule has 2 aliphatic rings. The van der Waals surface area contributed by atoms with Crippen molar-refractivity contribution in [1.29, 1.82) is 0 Å². The van der Waals surface area contributed by atoms with E-state index in [9.17, 15) is 0 Å². The van der Waals surface area contributed by atoms with Crippen molar-refractivity contribution in [1.82, 2.24) is 0 Å². The number of anilines is 6. The minimum atomic E-state index is -0.156. The number of hydrogen-bond acceptors (Lipinski definition) is 2. The molecule has 11 aromatic rings. The van der Waals surface area contributed by atoms with Crippen LogP contribution in [0.15, 0.2) is 243 Å². The number of fused-ring (bicyclic) bond motifs is 8. The van der Waals surface area contributed by atoms with Crippen molar-refractivity contribution in [3.05, 3.63) is 265 Å². The van der Waals surface area contributed by atoms with Gasteiger partial charge in [-0.2, -0.15) is 0 Å². The Morgan fingerprint density at radius 3 is 1.16 bits per heavy atom. The van der Waals surface area contributed by atoms with Crippen molar-refractivity contribution in [3.8, 4) is 44.5 Å². The van der Waals surface area contributed by atoms with E-state index in [0.29, 0.717) is 0 Å². The molecule has 0 bridgehead atoms. The second-order valence-corrected chi connectivity index (χ2v) is 20.1. The average molecular weight is 897 g/mol. The van der Waals surface area contributed by atoms with E-state index in [-0.39, 0.29) is 10.8 Å². The molecule has 0 saturated carbocycles. The summed E-state index contributed by atoms with van der Waals surface area (Å²) in [5.41, 5.74) is 22.1.